The van der Waals surface area contributed by atoms with Crippen LogP contribution in [0.3, 0.4) is 0 Å². The van der Waals surface area contributed by atoms with Crippen LogP contribution in [0.4, 0.5) is 5.69 Å². The third kappa shape index (κ3) is 5.80. The Kier molecular flexibility index (Phi) is 7.20. The Balaban J connectivity index is 2.42. The predicted octanol–water partition coefficient (Wildman–Crippen LogP) is 0.163. The number of nitrogens with one attached hydrogen (secondary N) is 3. The Hall–Kier alpha value is -2.12. The number of hydrazine groups is 1. The summed E-state index contributed by atoms with van der Waals surface area (Å²) in [5.74, 6) is 4.99. The third-order valence-corrected chi connectivity index (χ3v) is 2.84. The van der Waals surface area contributed by atoms with Crippen molar-refractivity contribution in [1.29, 1.82) is 0 Å². The number of methoxy groups -OCH3 is 1. The van der Waals surface area contributed by atoms with Gasteiger partial charge in [0.25, 0.3) is 5.91 Å². The Morgan fingerprint density at radius 2 is 2.00 bits per heavy atom. The summed E-state index contributed by atoms with van der Waals surface area (Å²) < 4.78 is 4.82. The molecule has 0 aliphatic rings. The number of hydrogen-bond acceptors (Lipinski definition) is 5. The minimum absolute atomic E-state index is 0.131. The number of hydrogen-bond donors (Lipinski definition) is 4. The van der Waals surface area contributed by atoms with E-state index in [-0.39, 0.29) is 24.8 Å². The van der Waals surface area contributed by atoms with E-state index in [2.05, 4.69) is 16.1 Å². The quantitative estimate of drug-likeness (QED) is 0.310. The standard InChI is InChI=1S/C14H22N4O3/c1-10-3-4-11(12(9-10)18-15)14(20)17-6-5-13(19)16-7-8-21-2/h3-4,9,18H,5-8,15H2,1-2H3,(H,16,19)(H,17,20). The van der Waals surface area contributed by atoms with Crippen molar-refractivity contribution >= 4 is 17.5 Å². The van der Waals surface area contributed by atoms with Gasteiger partial charge in [-0.15, -0.1) is 0 Å². The summed E-state index contributed by atoms with van der Waals surface area (Å²) in [5, 5.41) is 5.37. The van der Waals surface area contributed by atoms with Crippen molar-refractivity contribution in [1.82, 2.24) is 10.6 Å². The van der Waals surface area contributed by atoms with Crippen LogP contribution in [-0.4, -0.2) is 38.6 Å². The maximum absolute atomic E-state index is 12.0. The van der Waals surface area contributed by atoms with E-state index >= 15 is 0 Å². The molecule has 0 saturated heterocycles. The fourth-order valence-electron chi connectivity index (χ4n) is 1.74. The molecule has 0 aliphatic heterocycles. The maximum Gasteiger partial charge on any atom is 0.253 e. The number of nitrogens with two attached hydrogens (primary N) is 1. The molecule has 1 aromatic rings. The minimum Gasteiger partial charge on any atom is -0.383 e. The summed E-state index contributed by atoms with van der Waals surface area (Å²) in [6.07, 6.45) is 0.215. The molecule has 2 amide bonds. The summed E-state index contributed by atoms with van der Waals surface area (Å²) in [7, 11) is 1.57. The van der Waals surface area contributed by atoms with Gasteiger partial charge < -0.3 is 20.8 Å². The summed E-state index contributed by atoms with van der Waals surface area (Å²) in [6, 6.07) is 5.30. The second kappa shape index (κ2) is 8.93. The molecular weight excluding hydrogens is 272 g/mol. The molecule has 7 heteroatoms. The lowest BCUT2D eigenvalue weighted by Crippen LogP contribution is -2.32. The summed E-state index contributed by atoms with van der Waals surface area (Å²) in [4.78, 5) is 23.5. The molecule has 0 saturated carbocycles. The highest BCUT2D eigenvalue weighted by atomic mass is 16.5. The van der Waals surface area contributed by atoms with Gasteiger partial charge in [-0.25, -0.2) is 0 Å². The van der Waals surface area contributed by atoms with Gasteiger partial charge in [0.15, 0.2) is 0 Å². The van der Waals surface area contributed by atoms with Gasteiger partial charge in [0, 0.05) is 26.6 Å². The number of amides is 2. The summed E-state index contributed by atoms with van der Waals surface area (Å²) in [5.41, 5.74) is 4.49. The molecule has 0 unspecified atom stereocenters. The van der Waals surface area contributed by atoms with Crippen LogP contribution in [0, 0.1) is 6.92 Å². The number of ether oxygens (including phenoxy) is 1. The van der Waals surface area contributed by atoms with E-state index < -0.39 is 0 Å². The van der Waals surface area contributed by atoms with E-state index in [1.165, 1.54) is 0 Å². The zero-order valence-corrected chi connectivity index (χ0v) is 12.4. The fraction of sp³-hybridized carbons (Fsp3) is 0.429. The molecule has 0 heterocycles. The van der Waals surface area contributed by atoms with Crippen molar-refractivity contribution in [2.75, 3.05) is 32.2 Å². The molecule has 0 fully saturated rings. The van der Waals surface area contributed by atoms with Crippen LogP contribution >= 0.6 is 0 Å². The number of rotatable bonds is 8. The number of aryl methyl sites for hydroxylation is 1. The van der Waals surface area contributed by atoms with E-state index in [4.69, 9.17) is 10.6 Å². The first-order valence-electron chi connectivity index (χ1n) is 6.69. The van der Waals surface area contributed by atoms with Crippen molar-refractivity contribution in [2.45, 2.75) is 13.3 Å². The molecule has 1 rings (SSSR count). The van der Waals surface area contributed by atoms with Crippen molar-refractivity contribution < 1.29 is 14.3 Å². The molecule has 0 spiro atoms. The van der Waals surface area contributed by atoms with Gasteiger partial charge in [0.05, 0.1) is 17.9 Å². The highest BCUT2D eigenvalue weighted by Gasteiger charge is 2.11. The van der Waals surface area contributed by atoms with Gasteiger partial charge in [-0.2, -0.15) is 0 Å². The summed E-state index contributed by atoms with van der Waals surface area (Å²) in [6.45, 7) is 3.10. The number of anilines is 1. The van der Waals surface area contributed by atoms with E-state index in [0.717, 1.165) is 5.56 Å². The lowest BCUT2D eigenvalue weighted by molar-refractivity contribution is -0.121. The molecule has 0 radical (unpaired) electrons. The molecular formula is C14H22N4O3. The molecule has 0 aromatic heterocycles. The Morgan fingerprint density at radius 1 is 1.24 bits per heavy atom. The highest BCUT2D eigenvalue weighted by molar-refractivity contribution is 5.99. The summed E-state index contributed by atoms with van der Waals surface area (Å²) >= 11 is 0. The van der Waals surface area contributed by atoms with E-state index in [9.17, 15) is 9.59 Å². The molecule has 5 N–H and O–H groups in total. The van der Waals surface area contributed by atoms with Crippen LogP contribution in [-0.2, 0) is 9.53 Å². The van der Waals surface area contributed by atoms with Gasteiger partial charge in [0.1, 0.15) is 0 Å². The highest BCUT2D eigenvalue weighted by Crippen LogP contribution is 2.16. The van der Waals surface area contributed by atoms with Crippen molar-refractivity contribution in [3.8, 4) is 0 Å². The molecule has 0 atom stereocenters. The number of carbonyl (C=O) groups excluding carboxylic acids is 2. The van der Waals surface area contributed by atoms with Crippen molar-refractivity contribution in [3.05, 3.63) is 29.3 Å². The molecule has 21 heavy (non-hydrogen) atoms. The molecule has 1 aromatic carbocycles. The van der Waals surface area contributed by atoms with Crippen molar-refractivity contribution in [2.24, 2.45) is 5.84 Å². The monoisotopic (exact) mass is 294 g/mol. The van der Waals surface area contributed by atoms with E-state index in [0.29, 0.717) is 24.4 Å². The van der Waals surface area contributed by atoms with Gasteiger partial charge in [-0.3, -0.25) is 15.4 Å². The van der Waals surface area contributed by atoms with Crippen LogP contribution in [0.5, 0.6) is 0 Å². The topological polar surface area (TPSA) is 105 Å². The first kappa shape index (κ1) is 16.9. The fourth-order valence-corrected chi connectivity index (χ4v) is 1.74. The SMILES string of the molecule is COCCNC(=O)CCNC(=O)c1ccc(C)cc1NN. The Labute approximate surface area is 124 Å². The largest absolute Gasteiger partial charge is 0.383 e. The van der Waals surface area contributed by atoms with Crippen LogP contribution in [0.1, 0.15) is 22.3 Å². The van der Waals surface area contributed by atoms with Crippen LogP contribution in [0.2, 0.25) is 0 Å². The molecule has 7 nitrogen and oxygen atoms in total. The Bertz CT molecular complexity index is 491. The minimum atomic E-state index is -0.271. The maximum atomic E-state index is 12.0. The normalized spacial score (nSPS) is 10.0. The predicted molar refractivity (Wildman–Crippen MR) is 80.8 cm³/mol. The molecule has 0 aliphatic carbocycles. The second-order valence-electron chi connectivity index (χ2n) is 4.54. The lowest BCUT2D eigenvalue weighted by atomic mass is 10.1. The number of benzene rings is 1. The van der Waals surface area contributed by atoms with Crippen molar-refractivity contribution in [3.63, 3.8) is 0 Å². The molecule has 116 valence electrons. The average Bonchev–Trinajstić information content (AvgIpc) is 2.47. The van der Waals surface area contributed by atoms with Gasteiger partial charge in [-0.05, 0) is 24.6 Å². The van der Waals surface area contributed by atoms with Crippen LogP contribution in [0.25, 0.3) is 0 Å². The van der Waals surface area contributed by atoms with Crippen LogP contribution < -0.4 is 21.9 Å². The van der Waals surface area contributed by atoms with E-state index in [1.54, 1.807) is 19.2 Å². The molecule has 0 bridgehead atoms. The smallest absolute Gasteiger partial charge is 0.253 e. The average molecular weight is 294 g/mol. The van der Waals surface area contributed by atoms with Crippen LogP contribution in [0.15, 0.2) is 18.2 Å². The first-order chi connectivity index (χ1) is 10.1. The van der Waals surface area contributed by atoms with Gasteiger partial charge >= 0.3 is 0 Å². The lowest BCUT2D eigenvalue weighted by Gasteiger charge is -2.10. The number of carbonyl (C=O) groups is 2. The van der Waals surface area contributed by atoms with E-state index in [1.807, 2.05) is 13.0 Å². The Morgan fingerprint density at radius 3 is 2.67 bits per heavy atom. The zero-order valence-electron chi connectivity index (χ0n) is 12.4. The zero-order chi connectivity index (χ0) is 15.7. The first-order valence-corrected chi connectivity index (χ1v) is 6.69. The number of nitrogen functional groups attached to an aromatic ring is 1. The van der Waals surface area contributed by atoms with Gasteiger partial charge in [-0.1, -0.05) is 6.07 Å². The van der Waals surface area contributed by atoms with Gasteiger partial charge in [0.2, 0.25) is 5.91 Å². The second-order valence-corrected chi connectivity index (χ2v) is 4.54. The third-order valence-electron chi connectivity index (χ3n) is 2.84.